The molecular formula is C28H39F2NO5. The fourth-order valence-electron chi connectivity index (χ4n) is 8.51. The fourth-order valence-corrected chi connectivity index (χ4v) is 8.51. The van der Waals surface area contributed by atoms with Gasteiger partial charge in [0.15, 0.2) is 22.8 Å². The molecule has 2 N–H and O–H groups in total. The van der Waals surface area contributed by atoms with E-state index in [-0.39, 0.29) is 42.0 Å². The van der Waals surface area contributed by atoms with Gasteiger partial charge in [-0.3, -0.25) is 14.4 Å². The van der Waals surface area contributed by atoms with Crippen molar-refractivity contribution in [1.82, 2.24) is 5.06 Å². The second kappa shape index (κ2) is 8.01. The Morgan fingerprint density at radius 1 is 1.28 bits per heavy atom. The molecule has 0 aromatic rings. The number of aliphatic hydroxyl groups is 2. The third-order valence-electron chi connectivity index (χ3n) is 10.4. The van der Waals surface area contributed by atoms with E-state index in [0.717, 1.165) is 6.42 Å². The molecule has 0 spiro atoms. The molecule has 0 amide bonds. The number of carbonyl (C=O) groups is 2. The molecule has 1 saturated heterocycles. The summed E-state index contributed by atoms with van der Waals surface area (Å²) in [4.78, 5) is 32.0. The van der Waals surface area contributed by atoms with E-state index in [2.05, 4.69) is 20.8 Å². The van der Waals surface area contributed by atoms with Crippen molar-refractivity contribution in [3.05, 3.63) is 23.6 Å². The number of rotatable bonds is 4. The van der Waals surface area contributed by atoms with Gasteiger partial charge in [-0.1, -0.05) is 33.8 Å². The molecule has 3 fully saturated rings. The van der Waals surface area contributed by atoms with Crippen LogP contribution in [-0.2, 0) is 14.4 Å². The first-order chi connectivity index (χ1) is 16.6. The molecule has 0 bridgehead atoms. The lowest BCUT2D eigenvalue weighted by atomic mass is 9.45. The molecule has 8 atom stereocenters. The number of ketones is 2. The minimum Gasteiger partial charge on any atom is -0.390 e. The van der Waals surface area contributed by atoms with E-state index < -0.39 is 58.3 Å². The summed E-state index contributed by atoms with van der Waals surface area (Å²) in [6.07, 6.45) is 2.06. The van der Waals surface area contributed by atoms with Gasteiger partial charge in [0, 0.05) is 48.6 Å². The first-order valence-electron chi connectivity index (χ1n) is 13.2. The summed E-state index contributed by atoms with van der Waals surface area (Å²) in [7, 11) is 0. The standard InChI is InChI=1S/C28H39F2NO5/c1-24(2,3)8-9-31-14-16-10-18-19-12-21(29)20-11-17(33)6-7-25(20,4)27(19,30)22(34)13-26(18,5)28(16,36-31)23(35)15-32/h6-7,16,18-19,22,32,34H,8-15H2,1-5H3/t16-,18-,19-,22-,25-,26-,27-,28-/m0/s1. The lowest BCUT2D eigenvalue weighted by molar-refractivity contribution is -0.265. The molecule has 2 saturated carbocycles. The summed E-state index contributed by atoms with van der Waals surface area (Å²) in [5.41, 5.74) is -5.83. The minimum atomic E-state index is -2.19. The Labute approximate surface area is 211 Å². The number of Topliss-reactive ketones (excluding diaryl/α,β-unsaturated/α-hetero) is 1. The van der Waals surface area contributed by atoms with Gasteiger partial charge in [0.2, 0.25) is 0 Å². The molecule has 36 heavy (non-hydrogen) atoms. The lowest BCUT2D eigenvalue weighted by Gasteiger charge is -2.62. The van der Waals surface area contributed by atoms with E-state index in [1.165, 1.54) is 12.2 Å². The number of hydroxylamine groups is 2. The van der Waals surface area contributed by atoms with Crippen LogP contribution in [0, 0.1) is 34.0 Å². The van der Waals surface area contributed by atoms with Gasteiger partial charge in [-0.05, 0) is 49.2 Å². The monoisotopic (exact) mass is 507 g/mol. The number of alkyl halides is 1. The van der Waals surface area contributed by atoms with Crippen molar-refractivity contribution >= 4 is 11.6 Å². The Balaban J connectivity index is 1.56. The number of hydrogen-bond acceptors (Lipinski definition) is 6. The second-order valence-electron chi connectivity index (χ2n) is 13.4. The number of nitrogens with zero attached hydrogens (tertiary/aromatic N) is 1. The van der Waals surface area contributed by atoms with Crippen molar-refractivity contribution in [1.29, 1.82) is 0 Å². The SMILES string of the molecule is CC(C)(C)CCN1C[C@@H]2C[C@H]3[C@@H]4CC(F)=C5CC(=O)C=C[C@]5(C)[C@@]4(F)[C@@H](O)C[C@]3(C)[C@]2(C(=O)CO)O1. The molecular weight excluding hydrogens is 468 g/mol. The second-order valence-corrected chi connectivity index (χ2v) is 13.4. The average Bonchev–Trinajstić information content (AvgIpc) is 3.28. The molecule has 5 aliphatic rings. The van der Waals surface area contributed by atoms with Gasteiger partial charge in [-0.25, -0.2) is 8.78 Å². The van der Waals surface area contributed by atoms with E-state index in [0.29, 0.717) is 19.5 Å². The van der Waals surface area contributed by atoms with Crippen LogP contribution in [0.15, 0.2) is 23.6 Å². The van der Waals surface area contributed by atoms with Gasteiger partial charge in [-0.15, -0.1) is 0 Å². The third kappa shape index (κ3) is 3.20. The molecule has 4 aliphatic carbocycles. The molecule has 0 unspecified atom stereocenters. The van der Waals surface area contributed by atoms with Gasteiger partial charge in [0.25, 0.3) is 0 Å². The summed E-state index contributed by atoms with van der Waals surface area (Å²) < 4.78 is 32.9. The smallest absolute Gasteiger partial charge is 0.192 e. The Bertz CT molecular complexity index is 1050. The van der Waals surface area contributed by atoms with E-state index in [1.807, 2.05) is 6.92 Å². The first kappa shape index (κ1) is 26.1. The van der Waals surface area contributed by atoms with Crippen molar-refractivity contribution in [3.8, 4) is 0 Å². The highest BCUT2D eigenvalue weighted by atomic mass is 19.1. The minimum absolute atomic E-state index is 0.0493. The summed E-state index contributed by atoms with van der Waals surface area (Å²) in [5, 5.41) is 23.3. The predicted molar refractivity (Wildman–Crippen MR) is 129 cm³/mol. The molecule has 1 heterocycles. The van der Waals surface area contributed by atoms with Crippen molar-refractivity contribution in [3.63, 3.8) is 0 Å². The van der Waals surface area contributed by atoms with Crippen LogP contribution in [-0.4, -0.2) is 63.9 Å². The molecule has 200 valence electrons. The van der Waals surface area contributed by atoms with Gasteiger partial charge in [0.05, 0.1) is 6.10 Å². The first-order valence-corrected chi connectivity index (χ1v) is 13.2. The summed E-state index contributed by atoms with van der Waals surface area (Å²) >= 11 is 0. The number of hydrogen-bond donors (Lipinski definition) is 2. The molecule has 1 aliphatic heterocycles. The highest BCUT2D eigenvalue weighted by molar-refractivity contribution is 5.94. The molecule has 0 aromatic heterocycles. The Kier molecular flexibility index (Phi) is 5.82. The van der Waals surface area contributed by atoms with E-state index in [1.54, 1.807) is 12.0 Å². The molecule has 8 heteroatoms. The number of allylic oxidation sites excluding steroid dienone is 4. The molecule has 6 nitrogen and oxygen atoms in total. The Morgan fingerprint density at radius 3 is 2.61 bits per heavy atom. The van der Waals surface area contributed by atoms with Gasteiger partial charge in [-0.2, -0.15) is 5.06 Å². The third-order valence-corrected chi connectivity index (χ3v) is 10.4. The van der Waals surface area contributed by atoms with Crippen molar-refractivity contribution in [2.75, 3.05) is 19.7 Å². The highest BCUT2D eigenvalue weighted by Gasteiger charge is 2.79. The van der Waals surface area contributed by atoms with Crippen molar-refractivity contribution < 1.29 is 33.4 Å². The summed E-state index contributed by atoms with van der Waals surface area (Å²) in [6.45, 7) is 10.2. The van der Waals surface area contributed by atoms with Crippen LogP contribution in [0.3, 0.4) is 0 Å². The van der Waals surface area contributed by atoms with E-state index in [9.17, 15) is 19.8 Å². The number of halogens is 2. The van der Waals surface area contributed by atoms with E-state index in [4.69, 9.17) is 4.84 Å². The maximum Gasteiger partial charge on any atom is 0.192 e. The summed E-state index contributed by atoms with van der Waals surface area (Å²) in [5.74, 6) is -2.86. The zero-order chi connectivity index (χ0) is 26.5. The highest BCUT2D eigenvalue weighted by Crippen LogP contribution is 2.72. The van der Waals surface area contributed by atoms with Gasteiger partial charge < -0.3 is 10.2 Å². The Morgan fingerprint density at radius 2 is 1.97 bits per heavy atom. The van der Waals surface area contributed by atoms with Crippen LogP contribution in [0.1, 0.15) is 66.7 Å². The van der Waals surface area contributed by atoms with Crippen molar-refractivity contribution in [2.45, 2.75) is 84.1 Å². The van der Waals surface area contributed by atoms with Crippen LogP contribution < -0.4 is 0 Å². The summed E-state index contributed by atoms with van der Waals surface area (Å²) in [6, 6.07) is 0. The molecule has 0 aromatic carbocycles. The maximum atomic E-state index is 17.4. The largest absolute Gasteiger partial charge is 0.390 e. The van der Waals surface area contributed by atoms with Crippen LogP contribution in [0.4, 0.5) is 8.78 Å². The van der Waals surface area contributed by atoms with Gasteiger partial charge >= 0.3 is 0 Å². The number of aliphatic hydroxyl groups excluding tert-OH is 2. The topological polar surface area (TPSA) is 87.1 Å². The normalized spacial score (nSPS) is 46.4. The van der Waals surface area contributed by atoms with Crippen LogP contribution >= 0.6 is 0 Å². The average molecular weight is 508 g/mol. The lowest BCUT2D eigenvalue weighted by Crippen LogP contribution is -2.69. The zero-order valence-corrected chi connectivity index (χ0v) is 21.9. The zero-order valence-electron chi connectivity index (χ0n) is 21.9. The molecule has 0 radical (unpaired) electrons. The van der Waals surface area contributed by atoms with Gasteiger partial charge in [0.1, 0.15) is 12.4 Å². The number of fused-ring (bicyclic) bond motifs is 7. The molecule has 5 rings (SSSR count). The fraction of sp³-hybridized carbons (Fsp3) is 0.786. The quantitative estimate of drug-likeness (QED) is 0.601. The van der Waals surface area contributed by atoms with Crippen LogP contribution in [0.25, 0.3) is 0 Å². The van der Waals surface area contributed by atoms with Crippen LogP contribution in [0.5, 0.6) is 0 Å². The Hall–Kier alpha value is -1.48. The van der Waals surface area contributed by atoms with Crippen LogP contribution in [0.2, 0.25) is 0 Å². The van der Waals surface area contributed by atoms with E-state index >= 15 is 8.78 Å². The van der Waals surface area contributed by atoms with Crippen molar-refractivity contribution in [2.24, 2.45) is 34.0 Å². The number of carbonyl (C=O) groups excluding carboxylic acids is 2. The predicted octanol–water partition coefficient (Wildman–Crippen LogP) is 3.86. The maximum absolute atomic E-state index is 17.4.